The minimum absolute atomic E-state index is 0.171. The van der Waals surface area contributed by atoms with Gasteiger partial charge >= 0.3 is 0 Å². The molecule has 1 heterocycles. The number of piperazine rings is 1. The molecule has 144 valence electrons. The summed E-state index contributed by atoms with van der Waals surface area (Å²) in [5.74, 6) is 1.81. The zero-order valence-corrected chi connectivity index (χ0v) is 16.1. The Bertz CT molecular complexity index is 787. The highest BCUT2D eigenvalue weighted by Crippen LogP contribution is 2.31. The van der Waals surface area contributed by atoms with Crippen molar-refractivity contribution >= 4 is 5.69 Å². The largest absolute Gasteiger partial charge is 0.497 e. The van der Waals surface area contributed by atoms with Gasteiger partial charge in [0.1, 0.15) is 11.5 Å². The van der Waals surface area contributed by atoms with E-state index in [1.54, 1.807) is 14.2 Å². The van der Waals surface area contributed by atoms with Crippen molar-refractivity contribution in [3.8, 4) is 11.5 Å². The van der Waals surface area contributed by atoms with Crippen LogP contribution in [0, 0.1) is 0 Å². The molecule has 1 aliphatic heterocycles. The summed E-state index contributed by atoms with van der Waals surface area (Å²) in [4.78, 5) is 4.82. The lowest BCUT2D eigenvalue weighted by molar-refractivity contribution is 0.0394. The molecule has 1 saturated heterocycles. The van der Waals surface area contributed by atoms with E-state index in [-0.39, 0.29) is 12.1 Å². The van der Waals surface area contributed by atoms with Gasteiger partial charge in [-0.25, -0.2) is 0 Å². The number of fused-ring (bicyclic) bond motifs is 1. The lowest BCUT2D eigenvalue weighted by Gasteiger charge is -2.43. The summed E-state index contributed by atoms with van der Waals surface area (Å²) in [6.45, 7) is 3.77. The minimum atomic E-state index is -0.316. The molecule has 0 spiro atoms. The van der Waals surface area contributed by atoms with Gasteiger partial charge in [-0.3, -0.25) is 4.90 Å². The van der Waals surface area contributed by atoms with Crippen molar-refractivity contribution in [3.63, 3.8) is 0 Å². The van der Waals surface area contributed by atoms with Gasteiger partial charge in [0.25, 0.3) is 0 Å². The molecule has 0 aromatic heterocycles. The van der Waals surface area contributed by atoms with Crippen LogP contribution in [-0.2, 0) is 12.8 Å². The summed E-state index contributed by atoms with van der Waals surface area (Å²) in [5.41, 5.74) is 3.70. The Labute approximate surface area is 161 Å². The number of aliphatic hydroxyl groups excluding tert-OH is 1. The monoisotopic (exact) mass is 368 g/mol. The summed E-state index contributed by atoms with van der Waals surface area (Å²) < 4.78 is 10.9. The molecule has 5 heteroatoms. The first-order chi connectivity index (χ1) is 13.2. The third-order valence-electron chi connectivity index (χ3n) is 5.92. The first-order valence-corrected chi connectivity index (χ1v) is 9.65. The second kappa shape index (κ2) is 7.79. The third kappa shape index (κ3) is 3.62. The third-order valence-corrected chi connectivity index (χ3v) is 5.92. The van der Waals surface area contributed by atoms with Gasteiger partial charge in [-0.05, 0) is 41.8 Å². The van der Waals surface area contributed by atoms with E-state index >= 15 is 0 Å². The smallest absolute Gasteiger partial charge is 0.142 e. The maximum absolute atomic E-state index is 10.8. The fourth-order valence-corrected chi connectivity index (χ4v) is 4.40. The molecule has 0 radical (unpaired) electrons. The Morgan fingerprint density at radius 2 is 1.67 bits per heavy atom. The van der Waals surface area contributed by atoms with Gasteiger partial charge in [-0.1, -0.05) is 18.2 Å². The number of ether oxygens (including phenoxy) is 2. The molecule has 1 fully saturated rings. The molecular weight excluding hydrogens is 340 g/mol. The van der Waals surface area contributed by atoms with E-state index in [9.17, 15) is 5.11 Å². The predicted octanol–water partition coefficient (Wildman–Crippen LogP) is 2.35. The SMILES string of the molecule is COc1ccc2c(c1)CC(N1CCN(c3ccccc3OC)CC1)C(O)C2. The number of aliphatic hydroxyl groups is 1. The van der Waals surface area contributed by atoms with Crippen LogP contribution in [0.25, 0.3) is 0 Å². The molecule has 27 heavy (non-hydrogen) atoms. The highest BCUT2D eigenvalue weighted by Gasteiger charge is 2.33. The number of rotatable bonds is 4. The zero-order chi connectivity index (χ0) is 18.8. The van der Waals surface area contributed by atoms with E-state index in [0.717, 1.165) is 56.2 Å². The number of benzene rings is 2. The lowest BCUT2D eigenvalue weighted by atomic mass is 9.85. The van der Waals surface area contributed by atoms with Crippen molar-refractivity contribution in [1.82, 2.24) is 4.90 Å². The molecular formula is C22H28N2O3. The van der Waals surface area contributed by atoms with Crippen molar-refractivity contribution in [3.05, 3.63) is 53.6 Å². The van der Waals surface area contributed by atoms with E-state index in [4.69, 9.17) is 9.47 Å². The van der Waals surface area contributed by atoms with E-state index < -0.39 is 0 Å². The lowest BCUT2D eigenvalue weighted by Crippen LogP contribution is -2.56. The summed E-state index contributed by atoms with van der Waals surface area (Å²) in [7, 11) is 3.42. The Morgan fingerprint density at radius 1 is 0.889 bits per heavy atom. The molecule has 2 unspecified atom stereocenters. The number of methoxy groups -OCH3 is 2. The Morgan fingerprint density at radius 3 is 2.41 bits per heavy atom. The predicted molar refractivity (Wildman–Crippen MR) is 107 cm³/mol. The van der Waals surface area contributed by atoms with Crippen LogP contribution in [0.4, 0.5) is 5.69 Å². The van der Waals surface area contributed by atoms with Crippen LogP contribution in [0.3, 0.4) is 0 Å². The van der Waals surface area contributed by atoms with Crippen LogP contribution in [0.2, 0.25) is 0 Å². The van der Waals surface area contributed by atoms with E-state index in [0.29, 0.717) is 0 Å². The van der Waals surface area contributed by atoms with Crippen molar-refractivity contribution in [1.29, 1.82) is 0 Å². The molecule has 2 aromatic rings. The molecule has 0 saturated carbocycles. The van der Waals surface area contributed by atoms with Gasteiger partial charge in [0.15, 0.2) is 0 Å². The summed E-state index contributed by atoms with van der Waals surface area (Å²) in [6.07, 6.45) is 1.28. The van der Waals surface area contributed by atoms with Gasteiger partial charge in [-0.15, -0.1) is 0 Å². The van der Waals surface area contributed by atoms with Gasteiger partial charge in [0, 0.05) is 38.6 Å². The Hall–Kier alpha value is -2.24. The van der Waals surface area contributed by atoms with E-state index in [2.05, 4.69) is 34.1 Å². The first kappa shape index (κ1) is 18.1. The summed E-state index contributed by atoms with van der Waals surface area (Å²) in [5, 5.41) is 10.8. The number of para-hydroxylation sites is 2. The second-order valence-electron chi connectivity index (χ2n) is 7.37. The number of anilines is 1. The van der Waals surface area contributed by atoms with Crippen LogP contribution in [0.5, 0.6) is 11.5 Å². The number of hydrogen-bond donors (Lipinski definition) is 1. The first-order valence-electron chi connectivity index (χ1n) is 9.65. The molecule has 2 aromatic carbocycles. The standard InChI is InChI=1S/C22H28N2O3/c1-26-18-8-7-16-15-21(25)20(14-17(16)13-18)24-11-9-23(10-12-24)19-5-3-4-6-22(19)27-2/h3-8,13,20-21,25H,9-12,14-15H2,1-2H3. The molecule has 5 nitrogen and oxygen atoms in total. The molecule has 1 aliphatic carbocycles. The van der Waals surface area contributed by atoms with Gasteiger partial charge in [0.05, 0.1) is 26.0 Å². The Balaban J connectivity index is 1.45. The quantitative estimate of drug-likeness (QED) is 0.898. The summed E-state index contributed by atoms with van der Waals surface area (Å²) in [6, 6.07) is 14.6. The second-order valence-corrected chi connectivity index (χ2v) is 7.37. The van der Waals surface area contributed by atoms with Crippen molar-refractivity contribution in [2.45, 2.75) is 25.0 Å². The van der Waals surface area contributed by atoms with Crippen LogP contribution in [0.15, 0.2) is 42.5 Å². The van der Waals surface area contributed by atoms with Crippen molar-refractivity contribution in [2.75, 3.05) is 45.3 Å². The number of nitrogens with zero attached hydrogens (tertiary/aromatic N) is 2. The van der Waals surface area contributed by atoms with Crippen molar-refractivity contribution in [2.24, 2.45) is 0 Å². The van der Waals surface area contributed by atoms with E-state index in [1.807, 2.05) is 18.2 Å². The number of hydrogen-bond acceptors (Lipinski definition) is 5. The Kier molecular flexibility index (Phi) is 5.23. The van der Waals surface area contributed by atoms with E-state index in [1.165, 1.54) is 11.1 Å². The maximum atomic E-state index is 10.8. The van der Waals surface area contributed by atoms with Gasteiger partial charge in [-0.2, -0.15) is 0 Å². The highest BCUT2D eigenvalue weighted by molar-refractivity contribution is 5.58. The minimum Gasteiger partial charge on any atom is -0.497 e. The molecule has 1 N–H and O–H groups in total. The molecule has 2 atom stereocenters. The van der Waals surface area contributed by atoms with Gasteiger partial charge < -0.3 is 19.5 Å². The van der Waals surface area contributed by atoms with Crippen LogP contribution < -0.4 is 14.4 Å². The van der Waals surface area contributed by atoms with Crippen LogP contribution in [0.1, 0.15) is 11.1 Å². The fraction of sp³-hybridized carbons (Fsp3) is 0.455. The average molecular weight is 368 g/mol. The van der Waals surface area contributed by atoms with Crippen molar-refractivity contribution < 1.29 is 14.6 Å². The molecule has 4 rings (SSSR count). The summed E-state index contributed by atoms with van der Waals surface area (Å²) >= 11 is 0. The molecule has 0 amide bonds. The maximum Gasteiger partial charge on any atom is 0.142 e. The highest BCUT2D eigenvalue weighted by atomic mass is 16.5. The topological polar surface area (TPSA) is 45.2 Å². The average Bonchev–Trinajstić information content (AvgIpc) is 2.73. The van der Waals surface area contributed by atoms with Gasteiger partial charge in [0.2, 0.25) is 0 Å². The van der Waals surface area contributed by atoms with Crippen LogP contribution >= 0.6 is 0 Å². The molecule has 2 aliphatic rings. The van der Waals surface area contributed by atoms with Crippen LogP contribution in [-0.4, -0.2) is 62.6 Å². The molecule has 0 bridgehead atoms. The zero-order valence-electron chi connectivity index (χ0n) is 16.1. The fourth-order valence-electron chi connectivity index (χ4n) is 4.40. The normalized spacial score (nSPS) is 23.0.